The number of likely N-dealkylation sites (tertiary alicyclic amines) is 1. The third kappa shape index (κ3) is 2.98. The lowest BCUT2D eigenvalue weighted by molar-refractivity contribution is 0.0885. The second-order valence-corrected chi connectivity index (χ2v) is 5.72. The number of hydrogen-bond acceptors (Lipinski definition) is 2. The van der Waals surface area contributed by atoms with Gasteiger partial charge in [0, 0.05) is 18.6 Å². The fourth-order valence-electron chi connectivity index (χ4n) is 3.52. The van der Waals surface area contributed by atoms with Crippen LogP contribution in [0.15, 0.2) is 0 Å². The van der Waals surface area contributed by atoms with Gasteiger partial charge in [-0.05, 0) is 51.6 Å². The van der Waals surface area contributed by atoms with Gasteiger partial charge in [0.2, 0.25) is 0 Å². The normalized spacial score (nSPS) is 37.5. The van der Waals surface area contributed by atoms with Gasteiger partial charge in [-0.15, -0.1) is 0 Å². The first kappa shape index (κ1) is 12.4. The number of rotatable bonds is 3. The molecule has 0 radical (unpaired) electrons. The van der Waals surface area contributed by atoms with Crippen LogP contribution in [0.2, 0.25) is 0 Å². The molecule has 2 heteroatoms. The Bertz CT molecular complexity index is 183. The molecular formula is C14H28N2. The highest BCUT2D eigenvalue weighted by atomic mass is 15.2. The molecule has 2 aliphatic rings. The van der Waals surface area contributed by atoms with Crippen molar-refractivity contribution in [1.29, 1.82) is 0 Å². The van der Waals surface area contributed by atoms with Gasteiger partial charge in [0.15, 0.2) is 0 Å². The minimum atomic E-state index is 0.778. The molecule has 1 heterocycles. The lowest BCUT2D eigenvalue weighted by Gasteiger charge is -2.41. The predicted octanol–water partition coefficient (Wildman–Crippen LogP) is 2.64. The van der Waals surface area contributed by atoms with Crippen LogP contribution in [-0.4, -0.2) is 37.1 Å². The summed E-state index contributed by atoms with van der Waals surface area (Å²) in [7, 11) is 2.12. The average molecular weight is 224 g/mol. The molecule has 1 aliphatic carbocycles. The number of hydrogen-bond donors (Lipinski definition) is 1. The number of piperidine rings is 1. The Balaban J connectivity index is 1.85. The first-order chi connectivity index (χ1) is 7.83. The molecule has 1 aliphatic heterocycles. The van der Waals surface area contributed by atoms with Crippen molar-refractivity contribution in [3.63, 3.8) is 0 Å². The molecule has 1 saturated carbocycles. The lowest BCUT2D eigenvalue weighted by Crippen LogP contribution is -2.47. The van der Waals surface area contributed by atoms with E-state index in [4.69, 9.17) is 0 Å². The smallest absolute Gasteiger partial charge is 0.0110 e. The van der Waals surface area contributed by atoms with Crippen LogP contribution in [-0.2, 0) is 0 Å². The summed E-state index contributed by atoms with van der Waals surface area (Å²) in [6.07, 6.45) is 9.90. The van der Waals surface area contributed by atoms with Gasteiger partial charge in [0.05, 0.1) is 0 Å². The molecule has 16 heavy (non-hydrogen) atoms. The Kier molecular flexibility index (Phi) is 4.66. The minimum absolute atomic E-state index is 0.778. The van der Waals surface area contributed by atoms with Gasteiger partial charge >= 0.3 is 0 Å². The van der Waals surface area contributed by atoms with Crippen molar-refractivity contribution in [2.75, 3.05) is 20.1 Å². The molecule has 0 aromatic rings. The van der Waals surface area contributed by atoms with Crippen LogP contribution in [0.5, 0.6) is 0 Å². The zero-order valence-corrected chi connectivity index (χ0v) is 11.0. The van der Waals surface area contributed by atoms with Crippen molar-refractivity contribution in [3.05, 3.63) is 0 Å². The SMILES string of the molecule is CCC1CCCN(C2CCCC(NC)C2)C1. The largest absolute Gasteiger partial charge is 0.317 e. The highest BCUT2D eigenvalue weighted by Gasteiger charge is 2.29. The lowest BCUT2D eigenvalue weighted by atomic mass is 9.87. The molecule has 1 saturated heterocycles. The van der Waals surface area contributed by atoms with Gasteiger partial charge in [-0.2, -0.15) is 0 Å². The maximum atomic E-state index is 3.47. The number of nitrogens with one attached hydrogen (secondary N) is 1. The first-order valence-electron chi connectivity index (χ1n) is 7.24. The Morgan fingerprint density at radius 2 is 2.06 bits per heavy atom. The minimum Gasteiger partial charge on any atom is -0.317 e. The molecule has 3 unspecified atom stereocenters. The van der Waals surface area contributed by atoms with Crippen molar-refractivity contribution in [2.45, 2.75) is 64.0 Å². The van der Waals surface area contributed by atoms with E-state index in [2.05, 4.69) is 24.2 Å². The molecule has 0 aromatic carbocycles. The predicted molar refractivity (Wildman–Crippen MR) is 69.7 cm³/mol. The van der Waals surface area contributed by atoms with Crippen LogP contribution in [0.4, 0.5) is 0 Å². The van der Waals surface area contributed by atoms with Crippen molar-refractivity contribution in [3.8, 4) is 0 Å². The molecule has 0 bridgehead atoms. The van der Waals surface area contributed by atoms with Crippen LogP contribution in [0.25, 0.3) is 0 Å². The molecule has 2 rings (SSSR count). The van der Waals surface area contributed by atoms with Crippen molar-refractivity contribution in [1.82, 2.24) is 10.2 Å². The van der Waals surface area contributed by atoms with Crippen LogP contribution in [0.1, 0.15) is 51.9 Å². The van der Waals surface area contributed by atoms with E-state index in [9.17, 15) is 0 Å². The Labute approximate surface area is 101 Å². The maximum absolute atomic E-state index is 3.47. The van der Waals surface area contributed by atoms with Crippen LogP contribution >= 0.6 is 0 Å². The Morgan fingerprint density at radius 1 is 1.19 bits per heavy atom. The molecule has 94 valence electrons. The molecule has 0 amide bonds. The second kappa shape index (κ2) is 6.02. The monoisotopic (exact) mass is 224 g/mol. The van der Waals surface area contributed by atoms with Crippen LogP contribution in [0, 0.1) is 5.92 Å². The standard InChI is InChI=1S/C14H28N2/c1-3-12-6-5-9-16(11-12)14-8-4-7-13(10-14)15-2/h12-15H,3-11H2,1-2H3. The van der Waals surface area contributed by atoms with E-state index in [0.29, 0.717) is 0 Å². The fourth-order valence-corrected chi connectivity index (χ4v) is 3.52. The van der Waals surface area contributed by atoms with E-state index in [1.54, 1.807) is 0 Å². The summed E-state index contributed by atoms with van der Waals surface area (Å²) in [6, 6.07) is 1.65. The van der Waals surface area contributed by atoms with E-state index >= 15 is 0 Å². The van der Waals surface area contributed by atoms with E-state index in [1.165, 1.54) is 58.0 Å². The molecule has 0 spiro atoms. The maximum Gasteiger partial charge on any atom is 0.0110 e. The van der Waals surface area contributed by atoms with Gasteiger partial charge in [-0.1, -0.05) is 19.8 Å². The molecule has 1 N–H and O–H groups in total. The quantitative estimate of drug-likeness (QED) is 0.793. The highest BCUT2D eigenvalue weighted by Crippen LogP contribution is 2.28. The van der Waals surface area contributed by atoms with Crippen molar-refractivity contribution < 1.29 is 0 Å². The summed E-state index contributed by atoms with van der Waals surface area (Å²) in [6.45, 7) is 5.08. The van der Waals surface area contributed by atoms with Gasteiger partial charge in [-0.3, -0.25) is 0 Å². The number of nitrogens with zero attached hydrogens (tertiary/aromatic N) is 1. The van der Waals surface area contributed by atoms with E-state index < -0.39 is 0 Å². The summed E-state index contributed by atoms with van der Waals surface area (Å²) in [4.78, 5) is 2.79. The van der Waals surface area contributed by atoms with Crippen molar-refractivity contribution >= 4 is 0 Å². The molecular weight excluding hydrogens is 196 g/mol. The molecule has 3 atom stereocenters. The van der Waals surface area contributed by atoms with Crippen LogP contribution in [0.3, 0.4) is 0 Å². The second-order valence-electron chi connectivity index (χ2n) is 5.72. The molecule has 0 aromatic heterocycles. The van der Waals surface area contributed by atoms with E-state index in [0.717, 1.165) is 18.0 Å². The zero-order chi connectivity index (χ0) is 11.4. The Hall–Kier alpha value is -0.0800. The van der Waals surface area contributed by atoms with Gasteiger partial charge < -0.3 is 10.2 Å². The molecule has 2 fully saturated rings. The summed E-state index contributed by atoms with van der Waals surface area (Å²) in [5, 5.41) is 3.47. The average Bonchev–Trinajstić information content (AvgIpc) is 2.39. The molecule has 2 nitrogen and oxygen atoms in total. The van der Waals surface area contributed by atoms with E-state index in [-0.39, 0.29) is 0 Å². The summed E-state index contributed by atoms with van der Waals surface area (Å²) in [5.74, 6) is 0.976. The summed E-state index contributed by atoms with van der Waals surface area (Å²) >= 11 is 0. The van der Waals surface area contributed by atoms with E-state index in [1.807, 2.05) is 0 Å². The topological polar surface area (TPSA) is 15.3 Å². The summed E-state index contributed by atoms with van der Waals surface area (Å²) in [5.41, 5.74) is 0. The highest BCUT2D eigenvalue weighted by molar-refractivity contribution is 4.85. The Morgan fingerprint density at radius 3 is 2.81 bits per heavy atom. The summed E-state index contributed by atoms with van der Waals surface area (Å²) < 4.78 is 0. The van der Waals surface area contributed by atoms with Crippen LogP contribution < -0.4 is 5.32 Å². The third-order valence-corrected chi connectivity index (χ3v) is 4.70. The fraction of sp³-hybridized carbons (Fsp3) is 1.00. The van der Waals surface area contributed by atoms with Gasteiger partial charge in [0.1, 0.15) is 0 Å². The third-order valence-electron chi connectivity index (χ3n) is 4.70. The van der Waals surface area contributed by atoms with Gasteiger partial charge in [-0.25, -0.2) is 0 Å². The van der Waals surface area contributed by atoms with Gasteiger partial charge in [0.25, 0.3) is 0 Å². The first-order valence-corrected chi connectivity index (χ1v) is 7.24. The zero-order valence-electron chi connectivity index (χ0n) is 11.0. The van der Waals surface area contributed by atoms with Crippen molar-refractivity contribution in [2.24, 2.45) is 5.92 Å².